The van der Waals surface area contributed by atoms with E-state index >= 15 is 0 Å². The van der Waals surface area contributed by atoms with Gasteiger partial charge in [0.1, 0.15) is 11.5 Å². The Morgan fingerprint density at radius 2 is 2.05 bits per heavy atom. The van der Waals surface area contributed by atoms with Gasteiger partial charge in [-0.25, -0.2) is 0 Å². The number of nitrogens with one attached hydrogen (secondary N) is 1. The first-order valence-electron chi connectivity index (χ1n) is 6.85. The molecule has 2 heterocycles. The standard InChI is InChI=1S/C14H23N5O/c1-14(2,20)10-18-5-7-19(8-6-18)11-3-4-17-12(9-11)13(15)16/h3-4,9,20H,5-8,10H2,1-2H3,(H3,15,16). The molecule has 1 aliphatic rings. The van der Waals surface area contributed by atoms with Crippen molar-refractivity contribution in [3.05, 3.63) is 24.0 Å². The first-order valence-corrected chi connectivity index (χ1v) is 6.85. The van der Waals surface area contributed by atoms with Crippen LogP contribution in [-0.4, -0.2) is 59.2 Å². The average Bonchev–Trinajstić information content (AvgIpc) is 2.38. The quantitative estimate of drug-likeness (QED) is 0.542. The molecule has 1 saturated heterocycles. The number of pyridine rings is 1. The molecule has 0 atom stereocenters. The van der Waals surface area contributed by atoms with Crippen LogP contribution < -0.4 is 10.6 Å². The van der Waals surface area contributed by atoms with Crippen molar-refractivity contribution in [3.8, 4) is 0 Å². The van der Waals surface area contributed by atoms with E-state index in [0.717, 1.165) is 31.9 Å². The van der Waals surface area contributed by atoms with E-state index in [1.54, 1.807) is 6.20 Å². The van der Waals surface area contributed by atoms with Gasteiger partial charge >= 0.3 is 0 Å². The summed E-state index contributed by atoms with van der Waals surface area (Å²) in [5.74, 6) is -0.00693. The predicted octanol–water partition coefficient (Wildman–Crippen LogP) is 0.259. The highest BCUT2D eigenvalue weighted by Crippen LogP contribution is 2.17. The van der Waals surface area contributed by atoms with Crippen molar-refractivity contribution in [2.45, 2.75) is 19.4 Å². The lowest BCUT2D eigenvalue weighted by molar-refractivity contribution is 0.0345. The van der Waals surface area contributed by atoms with Gasteiger partial charge in [0.05, 0.1) is 5.60 Å². The fourth-order valence-electron chi connectivity index (χ4n) is 2.47. The molecular formula is C14H23N5O. The minimum absolute atomic E-state index is 0.00693. The number of nitrogens with two attached hydrogens (primary N) is 1. The Labute approximate surface area is 119 Å². The number of aliphatic hydroxyl groups is 1. The summed E-state index contributed by atoms with van der Waals surface area (Å²) in [6.45, 7) is 8.00. The summed E-state index contributed by atoms with van der Waals surface area (Å²) >= 11 is 0. The molecule has 0 aliphatic carbocycles. The van der Waals surface area contributed by atoms with Crippen LogP contribution in [-0.2, 0) is 0 Å². The van der Waals surface area contributed by atoms with E-state index in [0.29, 0.717) is 12.2 Å². The Hall–Kier alpha value is -1.66. The van der Waals surface area contributed by atoms with Crippen LogP contribution in [0.4, 0.5) is 5.69 Å². The largest absolute Gasteiger partial charge is 0.389 e. The second kappa shape index (κ2) is 5.76. The van der Waals surface area contributed by atoms with Gasteiger partial charge in [0.2, 0.25) is 0 Å². The first kappa shape index (κ1) is 14.7. The van der Waals surface area contributed by atoms with Crippen LogP contribution >= 0.6 is 0 Å². The zero-order valence-corrected chi connectivity index (χ0v) is 12.1. The molecule has 20 heavy (non-hydrogen) atoms. The molecule has 1 aliphatic heterocycles. The molecular weight excluding hydrogens is 254 g/mol. The Kier molecular flexibility index (Phi) is 4.25. The number of aromatic nitrogens is 1. The van der Waals surface area contributed by atoms with E-state index in [1.807, 2.05) is 26.0 Å². The fraction of sp³-hybridized carbons (Fsp3) is 0.571. The lowest BCUT2D eigenvalue weighted by atomic mass is 10.1. The van der Waals surface area contributed by atoms with Crippen molar-refractivity contribution in [1.29, 1.82) is 5.41 Å². The molecule has 0 saturated carbocycles. The highest BCUT2D eigenvalue weighted by molar-refractivity contribution is 5.93. The number of β-amino-alcohol motifs (C(OH)–C–C–N with tert-alkyl or cyclic N) is 1. The van der Waals surface area contributed by atoms with Crippen LogP contribution in [0.25, 0.3) is 0 Å². The van der Waals surface area contributed by atoms with Crippen LogP contribution in [0.1, 0.15) is 19.5 Å². The van der Waals surface area contributed by atoms with Gasteiger partial charge in [-0.15, -0.1) is 0 Å². The van der Waals surface area contributed by atoms with E-state index < -0.39 is 5.60 Å². The summed E-state index contributed by atoms with van der Waals surface area (Å²) in [4.78, 5) is 8.60. The van der Waals surface area contributed by atoms with Crippen LogP contribution in [0.2, 0.25) is 0 Å². The minimum Gasteiger partial charge on any atom is -0.389 e. The Morgan fingerprint density at radius 3 is 2.60 bits per heavy atom. The number of amidine groups is 1. The number of rotatable bonds is 4. The third-order valence-electron chi connectivity index (χ3n) is 3.37. The lowest BCUT2D eigenvalue weighted by Gasteiger charge is -2.38. The lowest BCUT2D eigenvalue weighted by Crippen LogP contribution is -2.50. The number of hydrogen-bond acceptors (Lipinski definition) is 5. The summed E-state index contributed by atoms with van der Waals surface area (Å²) in [5.41, 5.74) is 6.38. The van der Waals surface area contributed by atoms with Crippen molar-refractivity contribution < 1.29 is 5.11 Å². The molecule has 1 aromatic heterocycles. The van der Waals surface area contributed by atoms with Crippen LogP contribution in [0.5, 0.6) is 0 Å². The van der Waals surface area contributed by atoms with Gasteiger partial charge in [0, 0.05) is 44.6 Å². The summed E-state index contributed by atoms with van der Waals surface area (Å²) < 4.78 is 0. The Balaban J connectivity index is 1.97. The van der Waals surface area contributed by atoms with Gasteiger partial charge in [-0.05, 0) is 26.0 Å². The van der Waals surface area contributed by atoms with Crippen molar-refractivity contribution in [2.24, 2.45) is 5.73 Å². The van der Waals surface area contributed by atoms with E-state index in [2.05, 4.69) is 14.8 Å². The summed E-state index contributed by atoms with van der Waals surface area (Å²) in [6.07, 6.45) is 1.69. The Morgan fingerprint density at radius 1 is 1.40 bits per heavy atom. The van der Waals surface area contributed by atoms with Gasteiger partial charge in [0.15, 0.2) is 0 Å². The number of nitrogens with zero attached hydrogens (tertiary/aromatic N) is 3. The SMILES string of the molecule is CC(C)(O)CN1CCN(c2ccnc(C(=N)N)c2)CC1. The molecule has 0 amide bonds. The molecule has 0 spiro atoms. The highest BCUT2D eigenvalue weighted by atomic mass is 16.3. The molecule has 0 radical (unpaired) electrons. The van der Waals surface area contributed by atoms with Gasteiger partial charge in [-0.1, -0.05) is 0 Å². The molecule has 6 heteroatoms. The average molecular weight is 277 g/mol. The maximum atomic E-state index is 9.85. The summed E-state index contributed by atoms with van der Waals surface area (Å²) in [5, 5.41) is 17.3. The molecule has 0 unspecified atom stereocenters. The molecule has 4 N–H and O–H groups in total. The van der Waals surface area contributed by atoms with E-state index in [-0.39, 0.29) is 5.84 Å². The minimum atomic E-state index is -0.652. The van der Waals surface area contributed by atoms with E-state index in [4.69, 9.17) is 11.1 Å². The molecule has 1 aromatic rings. The predicted molar refractivity (Wildman–Crippen MR) is 80.2 cm³/mol. The number of anilines is 1. The van der Waals surface area contributed by atoms with Crippen molar-refractivity contribution in [3.63, 3.8) is 0 Å². The maximum Gasteiger partial charge on any atom is 0.141 e. The maximum absolute atomic E-state index is 9.85. The second-order valence-corrected chi connectivity index (χ2v) is 5.89. The van der Waals surface area contributed by atoms with E-state index in [1.165, 1.54) is 0 Å². The van der Waals surface area contributed by atoms with E-state index in [9.17, 15) is 5.11 Å². The third-order valence-corrected chi connectivity index (χ3v) is 3.37. The molecule has 0 aromatic carbocycles. The van der Waals surface area contributed by atoms with Gasteiger partial charge in [-0.2, -0.15) is 0 Å². The summed E-state index contributed by atoms with van der Waals surface area (Å²) in [6, 6.07) is 3.80. The smallest absolute Gasteiger partial charge is 0.141 e. The molecule has 110 valence electrons. The fourth-order valence-corrected chi connectivity index (χ4v) is 2.47. The van der Waals surface area contributed by atoms with Crippen LogP contribution in [0.3, 0.4) is 0 Å². The zero-order chi connectivity index (χ0) is 14.8. The monoisotopic (exact) mass is 277 g/mol. The second-order valence-electron chi connectivity index (χ2n) is 5.89. The zero-order valence-electron chi connectivity index (χ0n) is 12.1. The summed E-state index contributed by atoms with van der Waals surface area (Å²) in [7, 11) is 0. The molecule has 0 bridgehead atoms. The first-order chi connectivity index (χ1) is 9.35. The normalized spacial score (nSPS) is 17.2. The van der Waals surface area contributed by atoms with Crippen LogP contribution in [0.15, 0.2) is 18.3 Å². The number of nitrogen functional groups attached to an aromatic ring is 1. The highest BCUT2D eigenvalue weighted by Gasteiger charge is 2.23. The third kappa shape index (κ3) is 3.91. The number of piperazine rings is 1. The Bertz CT molecular complexity index is 475. The van der Waals surface area contributed by atoms with Gasteiger partial charge in [0.25, 0.3) is 0 Å². The molecule has 6 nitrogen and oxygen atoms in total. The van der Waals surface area contributed by atoms with Crippen molar-refractivity contribution >= 4 is 11.5 Å². The van der Waals surface area contributed by atoms with Crippen LogP contribution in [0, 0.1) is 5.41 Å². The van der Waals surface area contributed by atoms with Crippen molar-refractivity contribution in [1.82, 2.24) is 9.88 Å². The topological polar surface area (TPSA) is 89.5 Å². The molecule has 2 rings (SSSR count). The molecule has 1 fully saturated rings. The number of hydrogen-bond donors (Lipinski definition) is 3. The van der Waals surface area contributed by atoms with Crippen molar-refractivity contribution in [2.75, 3.05) is 37.6 Å². The van der Waals surface area contributed by atoms with Gasteiger partial charge < -0.3 is 15.7 Å². The van der Waals surface area contributed by atoms with Gasteiger partial charge in [-0.3, -0.25) is 15.3 Å².